The second kappa shape index (κ2) is 6.93. The van der Waals surface area contributed by atoms with Gasteiger partial charge in [-0.05, 0) is 43.2 Å². The molecule has 0 aliphatic heterocycles. The van der Waals surface area contributed by atoms with Crippen molar-refractivity contribution in [1.82, 2.24) is 0 Å². The van der Waals surface area contributed by atoms with Gasteiger partial charge in [-0.3, -0.25) is 9.59 Å². The van der Waals surface area contributed by atoms with E-state index in [0.29, 0.717) is 29.0 Å². The molecule has 1 amide bonds. The Morgan fingerprint density at radius 3 is 2.60 bits per heavy atom. The lowest BCUT2D eigenvalue weighted by Crippen LogP contribution is -2.12. The molecule has 4 heteroatoms. The Labute approximate surface area is 146 Å². The molecule has 0 aliphatic rings. The Kier molecular flexibility index (Phi) is 4.70. The Morgan fingerprint density at radius 2 is 1.88 bits per heavy atom. The highest BCUT2D eigenvalue weighted by Crippen LogP contribution is 2.27. The van der Waals surface area contributed by atoms with E-state index in [2.05, 4.69) is 18.3 Å². The minimum Gasteiger partial charge on any atom is -0.451 e. The lowest BCUT2D eigenvalue weighted by molar-refractivity contribution is 0.0982. The van der Waals surface area contributed by atoms with Crippen LogP contribution >= 0.6 is 0 Å². The van der Waals surface area contributed by atoms with Crippen LogP contribution in [0.2, 0.25) is 0 Å². The molecule has 1 aromatic heterocycles. The SMILES string of the molecule is CCC(=O)c1cccc(NC(=O)c2oc3ccc(CC)cc3c2C)c1. The molecular formula is C21H21NO3. The van der Waals surface area contributed by atoms with Gasteiger partial charge in [0.1, 0.15) is 5.58 Å². The van der Waals surface area contributed by atoms with Crippen molar-refractivity contribution in [2.75, 3.05) is 5.32 Å². The van der Waals surface area contributed by atoms with Crippen molar-refractivity contribution in [2.45, 2.75) is 33.6 Å². The molecule has 0 saturated carbocycles. The Hall–Kier alpha value is -2.88. The van der Waals surface area contributed by atoms with Gasteiger partial charge in [0.2, 0.25) is 0 Å². The number of rotatable bonds is 5. The van der Waals surface area contributed by atoms with Crippen molar-refractivity contribution < 1.29 is 14.0 Å². The molecule has 0 aliphatic carbocycles. The van der Waals surface area contributed by atoms with Gasteiger partial charge in [0.25, 0.3) is 5.91 Å². The average molecular weight is 335 g/mol. The number of carbonyl (C=O) groups excluding carboxylic acids is 2. The van der Waals surface area contributed by atoms with Gasteiger partial charge in [-0.1, -0.05) is 32.0 Å². The molecule has 3 rings (SSSR count). The maximum absolute atomic E-state index is 12.6. The molecule has 0 radical (unpaired) electrons. The maximum Gasteiger partial charge on any atom is 0.291 e. The van der Waals surface area contributed by atoms with Crippen molar-refractivity contribution >= 4 is 28.3 Å². The normalized spacial score (nSPS) is 10.8. The number of amides is 1. The number of benzene rings is 2. The fourth-order valence-corrected chi connectivity index (χ4v) is 2.87. The lowest BCUT2D eigenvalue weighted by Gasteiger charge is -2.06. The van der Waals surface area contributed by atoms with Gasteiger partial charge in [-0.2, -0.15) is 0 Å². The van der Waals surface area contributed by atoms with E-state index in [-0.39, 0.29) is 11.7 Å². The van der Waals surface area contributed by atoms with Crippen LogP contribution in [0, 0.1) is 6.92 Å². The van der Waals surface area contributed by atoms with Crippen LogP contribution in [-0.2, 0) is 6.42 Å². The summed E-state index contributed by atoms with van der Waals surface area (Å²) in [6.07, 6.45) is 1.36. The standard InChI is InChI=1S/C21H21NO3/c1-4-14-9-10-19-17(11-14)13(3)20(25-19)21(24)22-16-8-6-7-15(12-16)18(23)5-2/h6-12H,4-5H2,1-3H3,(H,22,24). The smallest absolute Gasteiger partial charge is 0.291 e. The average Bonchev–Trinajstić information content (AvgIpc) is 2.97. The number of hydrogen-bond donors (Lipinski definition) is 1. The highest BCUT2D eigenvalue weighted by molar-refractivity contribution is 6.07. The van der Waals surface area contributed by atoms with E-state index in [1.165, 1.54) is 5.56 Å². The van der Waals surface area contributed by atoms with E-state index in [1.807, 2.05) is 26.0 Å². The number of Topliss-reactive ketones (excluding diaryl/α,β-unsaturated/α-hetero) is 1. The van der Waals surface area contributed by atoms with Gasteiger partial charge in [0.15, 0.2) is 11.5 Å². The van der Waals surface area contributed by atoms with Gasteiger partial charge < -0.3 is 9.73 Å². The molecular weight excluding hydrogens is 314 g/mol. The molecule has 4 nitrogen and oxygen atoms in total. The maximum atomic E-state index is 12.6. The van der Waals surface area contributed by atoms with Crippen molar-refractivity contribution in [3.63, 3.8) is 0 Å². The van der Waals surface area contributed by atoms with Gasteiger partial charge in [-0.15, -0.1) is 0 Å². The molecule has 25 heavy (non-hydrogen) atoms. The minimum absolute atomic E-state index is 0.0445. The van der Waals surface area contributed by atoms with E-state index < -0.39 is 0 Å². The highest BCUT2D eigenvalue weighted by atomic mass is 16.3. The summed E-state index contributed by atoms with van der Waals surface area (Å²) in [5, 5.41) is 3.78. The van der Waals surface area contributed by atoms with Crippen LogP contribution in [0.5, 0.6) is 0 Å². The fraction of sp³-hybridized carbons (Fsp3) is 0.238. The fourth-order valence-electron chi connectivity index (χ4n) is 2.87. The lowest BCUT2D eigenvalue weighted by atomic mass is 10.1. The molecule has 0 atom stereocenters. The number of aryl methyl sites for hydroxylation is 2. The highest BCUT2D eigenvalue weighted by Gasteiger charge is 2.18. The zero-order valence-electron chi connectivity index (χ0n) is 14.7. The largest absolute Gasteiger partial charge is 0.451 e. The number of furan rings is 1. The first kappa shape index (κ1) is 17.0. The monoisotopic (exact) mass is 335 g/mol. The molecule has 1 N–H and O–H groups in total. The van der Waals surface area contributed by atoms with Crippen molar-refractivity contribution in [3.05, 3.63) is 64.9 Å². The first-order valence-electron chi connectivity index (χ1n) is 8.50. The number of carbonyl (C=O) groups is 2. The summed E-state index contributed by atoms with van der Waals surface area (Å²) in [5.74, 6) is 0.0337. The summed E-state index contributed by atoms with van der Waals surface area (Å²) in [7, 11) is 0. The predicted octanol–water partition coefficient (Wildman–Crippen LogP) is 5.15. The molecule has 3 aromatic rings. The van der Waals surface area contributed by atoms with Crippen LogP contribution < -0.4 is 5.32 Å². The van der Waals surface area contributed by atoms with Crippen LogP contribution in [0.1, 0.15) is 52.3 Å². The first-order chi connectivity index (χ1) is 12.0. The van der Waals surface area contributed by atoms with Crippen molar-refractivity contribution in [2.24, 2.45) is 0 Å². The van der Waals surface area contributed by atoms with E-state index >= 15 is 0 Å². The number of ketones is 1. The third kappa shape index (κ3) is 3.33. The second-order valence-electron chi connectivity index (χ2n) is 6.05. The van der Waals surface area contributed by atoms with Gasteiger partial charge in [0, 0.05) is 28.6 Å². The van der Waals surface area contributed by atoms with E-state index in [0.717, 1.165) is 17.4 Å². The van der Waals surface area contributed by atoms with Crippen LogP contribution in [-0.4, -0.2) is 11.7 Å². The summed E-state index contributed by atoms with van der Waals surface area (Å²) >= 11 is 0. The molecule has 128 valence electrons. The zero-order chi connectivity index (χ0) is 18.0. The molecule has 0 bridgehead atoms. The van der Waals surface area contributed by atoms with E-state index in [4.69, 9.17) is 4.42 Å². The second-order valence-corrected chi connectivity index (χ2v) is 6.05. The third-order valence-electron chi connectivity index (χ3n) is 4.38. The predicted molar refractivity (Wildman–Crippen MR) is 99.3 cm³/mol. The summed E-state index contributed by atoms with van der Waals surface area (Å²) in [6, 6.07) is 12.9. The van der Waals surface area contributed by atoms with E-state index in [1.54, 1.807) is 24.3 Å². The summed E-state index contributed by atoms with van der Waals surface area (Å²) in [4.78, 5) is 24.4. The number of anilines is 1. The molecule has 0 fully saturated rings. The number of fused-ring (bicyclic) bond motifs is 1. The van der Waals surface area contributed by atoms with Crippen LogP contribution in [0.15, 0.2) is 46.9 Å². The number of hydrogen-bond acceptors (Lipinski definition) is 3. The zero-order valence-corrected chi connectivity index (χ0v) is 14.7. The van der Waals surface area contributed by atoms with E-state index in [9.17, 15) is 9.59 Å². The summed E-state index contributed by atoms with van der Waals surface area (Å²) in [6.45, 7) is 5.79. The van der Waals surface area contributed by atoms with Crippen molar-refractivity contribution in [1.29, 1.82) is 0 Å². The van der Waals surface area contributed by atoms with Gasteiger partial charge in [-0.25, -0.2) is 0 Å². The topological polar surface area (TPSA) is 59.3 Å². The molecule has 2 aromatic carbocycles. The Morgan fingerprint density at radius 1 is 1.08 bits per heavy atom. The molecule has 1 heterocycles. The molecule has 0 saturated heterocycles. The molecule has 0 unspecified atom stereocenters. The summed E-state index contributed by atoms with van der Waals surface area (Å²) in [5.41, 5.74) is 3.90. The van der Waals surface area contributed by atoms with Crippen LogP contribution in [0.25, 0.3) is 11.0 Å². The van der Waals surface area contributed by atoms with Crippen LogP contribution in [0.3, 0.4) is 0 Å². The molecule has 0 spiro atoms. The van der Waals surface area contributed by atoms with Gasteiger partial charge >= 0.3 is 0 Å². The first-order valence-corrected chi connectivity index (χ1v) is 8.50. The Bertz CT molecular complexity index is 953. The van der Waals surface area contributed by atoms with Gasteiger partial charge in [0.05, 0.1) is 0 Å². The van der Waals surface area contributed by atoms with Crippen molar-refractivity contribution in [3.8, 4) is 0 Å². The third-order valence-corrected chi connectivity index (χ3v) is 4.38. The van der Waals surface area contributed by atoms with Crippen LogP contribution in [0.4, 0.5) is 5.69 Å². The minimum atomic E-state index is -0.312. The quantitative estimate of drug-likeness (QED) is 0.656. The summed E-state index contributed by atoms with van der Waals surface area (Å²) < 4.78 is 5.75. The Balaban J connectivity index is 1.90. The number of nitrogens with one attached hydrogen (secondary N) is 1.